The lowest BCUT2D eigenvalue weighted by Gasteiger charge is -2.30. The van der Waals surface area contributed by atoms with Gasteiger partial charge in [0.1, 0.15) is 0 Å². The second-order valence-corrected chi connectivity index (χ2v) is 7.08. The van der Waals surface area contributed by atoms with Crippen LogP contribution in [-0.4, -0.2) is 46.5 Å². The number of benzene rings is 1. The average molecular weight is 298 g/mol. The van der Waals surface area contributed by atoms with Crippen LogP contribution in [0, 0.1) is 0 Å². The summed E-state index contributed by atoms with van der Waals surface area (Å²) in [6, 6.07) is 5.12. The zero-order valence-corrected chi connectivity index (χ0v) is 12.7. The number of likely N-dealkylation sites (N-methyl/N-ethyl adjacent to an activating group) is 1. The summed E-state index contributed by atoms with van der Waals surface area (Å²) in [5.74, 6) is 0. The average Bonchev–Trinajstić information content (AvgIpc) is 2.74. The molecule has 7 heteroatoms. The summed E-state index contributed by atoms with van der Waals surface area (Å²) < 4.78 is 22.7. The van der Waals surface area contributed by atoms with Crippen molar-refractivity contribution in [3.63, 3.8) is 0 Å². The second-order valence-electron chi connectivity index (χ2n) is 5.52. The first-order valence-electron chi connectivity index (χ1n) is 6.63. The maximum atomic E-state index is 11.3. The monoisotopic (exact) mass is 298 g/mol. The zero-order chi connectivity index (χ0) is 14.9. The highest BCUT2D eigenvalue weighted by Crippen LogP contribution is 2.32. The predicted octanol–water partition coefficient (Wildman–Crippen LogP) is 0.447. The van der Waals surface area contributed by atoms with E-state index < -0.39 is 10.0 Å². The van der Waals surface area contributed by atoms with Crippen molar-refractivity contribution in [3.05, 3.63) is 18.2 Å². The molecule has 0 aliphatic carbocycles. The van der Waals surface area contributed by atoms with Crippen molar-refractivity contribution in [1.82, 2.24) is 4.90 Å². The standard InChI is InChI=1S/C13H22N4O2S/c1-16(2)9-10-4-3-7-17(10)13-6-5-11(8-12(13)14)20(15,18)19/h5-6,8,10H,3-4,7,9,14H2,1-2H3,(H2,15,18,19). The van der Waals surface area contributed by atoms with Gasteiger partial charge in [0.15, 0.2) is 0 Å². The Morgan fingerprint density at radius 3 is 2.65 bits per heavy atom. The van der Waals surface area contributed by atoms with Gasteiger partial charge in [-0.15, -0.1) is 0 Å². The number of nitrogen functional groups attached to an aromatic ring is 1. The minimum absolute atomic E-state index is 0.0575. The fraction of sp³-hybridized carbons (Fsp3) is 0.538. The summed E-state index contributed by atoms with van der Waals surface area (Å²) in [5.41, 5.74) is 7.37. The van der Waals surface area contributed by atoms with Crippen molar-refractivity contribution in [2.45, 2.75) is 23.8 Å². The number of hydrogen-bond donors (Lipinski definition) is 2. The SMILES string of the molecule is CN(C)CC1CCCN1c1ccc(S(N)(=O)=O)cc1N. The van der Waals surface area contributed by atoms with Crippen LogP contribution in [0.2, 0.25) is 0 Å². The molecule has 0 amide bonds. The van der Waals surface area contributed by atoms with E-state index in [1.54, 1.807) is 6.07 Å². The fourth-order valence-electron chi connectivity index (χ4n) is 2.74. The van der Waals surface area contributed by atoms with E-state index in [1.807, 2.05) is 14.1 Å². The number of anilines is 2. The molecule has 0 bridgehead atoms. The molecule has 1 saturated heterocycles. The first-order valence-corrected chi connectivity index (χ1v) is 8.17. The summed E-state index contributed by atoms with van der Waals surface area (Å²) in [4.78, 5) is 4.46. The van der Waals surface area contributed by atoms with Gasteiger partial charge in [0, 0.05) is 19.1 Å². The van der Waals surface area contributed by atoms with Gasteiger partial charge in [-0.05, 0) is 45.1 Å². The third kappa shape index (κ3) is 3.23. The van der Waals surface area contributed by atoms with E-state index in [2.05, 4.69) is 9.80 Å². The lowest BCUT2D eigenvalue weighted by atomic mass is 10.2. The van der Waals surface area contributed by atoms with E-state index in [0.29, 0.717) is 11.7 Å². The molecular formula is C13H22N4O2S. The van der Waals surface area contributed by atoms with E-state index in [1.165, 1.54) is 12.1 Å². The van der Waals surface area contributed by atoms with Crippen molar-refractivity contribution in [3.8, 4) is 0 Å². The molecule has 1 fully saturated rings. The molecule has 1 aliphatic heterocycles. The van der Waals surface area contributed by atoms with Gasteiger partial charge in [0.25, 0.3) is 0 Å². The molecule has 112 valence electrons. The Labute approximate surface area is 120 Å². The smallest absolute Gasteiger partial charge is 0.238 e. The zero-order valence-electron chi connectivity index (χ0n) is 11.9. The Kier molecular flexibility index (Phi) is 4.22. The van der Waals surface area contributed by atoms with Gasteiger partial charge in [-0.1, -0.05) is 0 Å². The van der Waals surface area contributed by atoms with Crippen LogP contribution in [0.4, 0.5) is 11.4 Å². The van der Waals surface area contributed by atoms with E-state index >= 15 is 0 Å². The van der Waals surface area contributed by atoms with E-state index in [0.717, 1.165) is 31.6 Å². The molecule has 0 saturated carbocycles. The van der Waals surface area contributed by atoms with Crippen LogP contribution in [0.5, 0.6) is 0 Å². The third-order valence-electron chi connectivity index (χ3n) is 3.59. The molecule has 0 spiro atoms. The Morgan fingerprint density at radius 2 is 2.10 bits per heavy atom. The first-order chi connectivity index (χ1) is 9.29. The largest absolute Gasteiger partial charge is 0.397 e. The number of primary sulfonamides is 1. The molecule has 1 unspecified atom stereocenters. The highest BCUT2D eigenvalue weighted by atomic mass is 32.2. The Bertz CT molecular complexity index is 586. The van der Waals surface area contributed by atoms with Crippen molar-refractivity contribution in [1.29, 1.82) is 0 Å². The van der Waals surface area contributed by atoms with Gasteiger partial charge in [-0.25, -0.2) is 13.6 Å². The van der Waals surface area contributed by atoms with Crippen LogP contribution in [-0.2, 0) is 10.0 Å². The van der Waals surface area contributed by atoms with Gasteiger partial charge in [0.05, 0.1) is 16.3 Å². The third-order valence-corrected chi connectivity index (χ3v) is 4.50. The van der Waals surface area contributed by atoms with Gasteiger partial charge < -0.3 is 15.5 Å². The molecule has 6 nitrogen and oxygen atoms in total. The van der Waals surface area contributed by atoms with Gasteiger partial charge in [-0.2, -0.15) is 0 Å². The van der Waals surface area contributed by atoms with Crippen LogP contribution < -0.4 is 15.8 Å². The van der Waals surface area contributed by atoms with Crippen LogP contribution >= 0.6 is 0 Å². The van der Waals surface area contributed by atoms with Gasteiger partial charge in [0.2, 0.25) is 10.0 Å². The summed E-state index contributed by atoms with van der Waals surface area (Å²) in [6.45, 7) is 1.90. The molecule has 1 heterocycles. The van der Waals surface area contributed by atoms with Gasteiger partial charge >= 0.3 is 0 Å². The Hall–Kier alpha value is -1.31. The summed E-state index contributed by atoms with van der Waals surface area (Å²) in [5, 5.41) is 5.12. The summed E-state index contributed by atoms with van der Waals surface area (Å²) in [7, 11) is 0.386. The number of rotatable bonds is 4. The van der Waals surface area contributed by atoms with Crippen molar-refractivity contribution < 1.29 is 8.42 Å². The first kappa shape index (κ1) is 15.1. The highest BCUT2D eigenvalue weighted by Gasteiger charge is 2.26. The van der Waals surface area contributed by atoms with Crippen LogP contribution in [0.1, 0.15) is 12.8 Å². The number of sulfonamides is 1. The van der Waals surface area contributed by atoms with Crippen LogP contribution in [0.15, 0.2) is 23.1 Å². The van der Waals surface area contributed by atoms with E-state index in [9.17, 15) is 8.42 Å². The number of hydrogen-bond acceptors (Lipinski definition) is 5. The molecule has 1 aliphatic rings. The Morgan fingerprint density at radius 1 is 1.40 bits per heavy atom. The number of nitrogens with two attached hydrogens (primary N) is 2. The normalized spacial score (nSPS) is 19.8. The molecular weight excluding hydrogens is 276 g/mol. The van der Waals surface area contributed by atoms with E-state index in [-0.39, 0.29) is 4.90 Å². The molecule has 20 heavy (non-hydrogen) atoms. The lowest BCUT2D eigenvalue weighted by Crippen LogP contribution is -2.37. The summed E-state index contributed by atoms with van der Waals surface area (Å²) in [6.07, 6.45) is 2.24. The summed E-state index contributed by atoms with van der Waals surface area (Å²) >= 11 is 0. The second kappa shape index (κ2) is 5.59. The highest BCUT2D eigenvalue weighted by molar-refractivity contribution is 7.89. The molecule has 2 rings (SSSR count). The minimum Gasteiger partial charge on any atom is -0.397 e. The molecule has 1 aromatic rings. The molecule has 4 N–H and O–H groups in total. The fourth-order valence-corrected chi connectivity index (χ4v) is 3.28. The van der Waals surface area contributed by atoms with Gasteiger partial charge in [-0.3, -0.25) is 0 Å². The van der Waals surface area contributed by atoms with E-state index in [4.69, 9.17) is 10.9 Å². The molecule has 1 atom stereocenters. The van der Waals surface area contributed by atoms with Crippen molar-refractivity contribution in [2.24, 2.45) is 5.14 Å². The molecule has 0 radical (unpaired) electrons. The minimum atomic E-state index is -3.70. The molecule has 0 aromatic heterocycles. The lowest BCUT2D eigenvalue weighted by molar-refractivity contribution is 0.372. The topological polar surface area (TPSA) is 92.7 Å². The quantitative estimate of drug-likeness (QED) is 0.787. The molecule has 1 aromatic carbocycles. The maximum absolute atomic E-state index is 11.3. The maximum Gasteiger partial charge on any atom is 0.238 e. The van der Waals surface area contributed by atoms with Crippen molar-refractivity contribution >= 4 is 21.4 Å². The van der Waals surface area contributed by atoms with Crippen LogP contribution in [0.25, 0.3) is 0 Å². The van der Waals surface area contributed by atoms with Crippen molar-refractivity contribution in [2.75, 3.05) is 37.8 Å². The van der Waals surface area contributed by atoms with Crippen LogP contribution in [0.3, 0.4) is 0 Å². The predicted molar refractivity (Wildman–Crippen MR) is 81.1 cm³/mol. The Balaban J connectivity index is 2.29. The number of nitrogens with zero attached hydrogens (tertiary/aromatic N) is 2.